The molecule has 1 aliphatic heterocycles. The molecule has 0 aromatic heterocycles. The molecule has 2 atom stereocenters. The predicted octanol–water partition coefficient (Wildman–Crippen LogP) is -0.0400. The van der Waals surface area contributed by atoms with Crippen molar-refractivity contribution in [2.75, 3.05) is 24.5 Å². The van der Waals surface area contributed by atoms with Gasteiger partial charge in [0.05, 0.1) is 18.7 Å². The number of hydrogen-bond donors (Lipinski definition) is 2. The Labute approximate surface area is 124 Å². The molecule has 0 radical (unpaired) electrons. The first-order chi connectivity index (χ1) is 10.0. The first-order valence-electron chi connectivity index (χ1n) is 7.09. The van der Waals surface area contributed by atoms with Gasteiger partial charge < -0.3 is 15.7 Å². The highest BCUT2D eigenvalue weighted by atomic mass is 16.3. The molecule has 3 N–H and O–H groups in total. The van der Waals surface area contributed by atoms with E-state index < -0.39 is 18.1 Å². The average Bonchev–Trinajstić information content (AvgIpc) is 2.82. The maximum atomic E-state index is 12.5. The van der Waals surface area contributed by atoms with Crippen LogP contribution in [0.1, 0.15) is 13.3 Å². The third-order valence-electron chi connectivity index (χ3n) is 3.73. The van der Waals surface area contributed by atoms with Gasteiger partial charge >= 0.3 is 0 Å². The van der Waals surface area contributed by atoms with Gasteiger partial charge in [0.2, 0.25) is 11.8 Å². The molecule has 1 saturated heterocycles. The quantitative estimate of drug-likeness (QED) is 0.797. The molecular weight excluding hydrogens is 270 g/mol. The highest BCUT2D eigenvalue weighted by molar-refractivity contribution is 5.95. The van der Waals surface area contributed by atoms with Gasteiger partial charge in [0.25, 0.3) is 0 Å². The lowest BCUT2D eigenvalue weighted by Gasteiger charge is -2.26. The van der Waals surface area contributed by atoms with E-state index in [2.05, 4.69) is 0 Å². The van der Waals surface area contributed by atoms with Crippen molar-refractivity contribution in [2.45, 2.75) is 25.5 Å². The summed E-state index contributed by atoms with van der Waals surface area (Å²) in [6.45, 7) is 2.81. The number of aliphatic hydroxyl groups excluding tert-OH is 1. The van der Waals surface area contributed by atoms with Crippen LogP contribution in [0.2, 0.25) is 0 Å². The van der Waals surface area contributed by atoms with Crippen LogP contribution in [0.4, 0.5) is 5.69 Å². The summed E-state index contributed by atoms with van der Waals surface area (Å²) in [5.41, 5.74) is 6.15. The number of likely N-dealkylation sites (N-methyl/N-ethyl adjacent to an activating group) is 1. The number of nitrogens with zero attached hydrogens (tertiary/aromatic N) is 2. The van der Waals surface area contributed by atoms with Gasteiger partial charge in [-0.3, -0.25) is 14.5 Å². The first-order valence-corrected chi connectivity index (χ1v) is 7.09. The maximum Gasteiger partial charge on any atom is 0.241 e. The number of amides is 2. The van der Waals surface area contributed by atoms with E-state index in [1.165, 1.54) is 0 Å². The number of para-hydroxylation sites is 1. The molecule has 1 aromatic rings. The van der Waals surface area contributed by atoms with Crippen LogP contribution in [0.5, 0.6) is 0 Å². The van der Waals surface area contributed by atoms with Crippen LogP contribution < -0.4 is 10.6 Å². The number of anilines is 1. The summed E-state index contributed by atoms with van der Waals surface area (Å²) >= 11 is 0. The number of likely N-dealkylation sites (tertiary alicyclic amines) is 1. The van der Waals surface area contributed by atoms with Crippen molar-refractivity contribution >= 4 is 17.5 Å². The third kappa shape index (κ3) is 3.59. The minimum absolute atomic E-state index is 0.0768. The van der Waals surface area contributed by atoms with Gasteiger partial charge in [0.1, 0.15) is 0 Å². The molecule has 6 heteroatoms. The lowest BCUT2D eigenvalue weighted by molar-refractivity contribution is -0.124. The SMILES string of the molecule is CCN(C(=O)CN1CC(O)CC1C(N)=O)c1ccccc1. The summed E-state index contributed by atoms with van der Waals surface area (Å²) in [5, 5.41) is 9.67. The van der Waals surface area contributed by atoms with Crippen LogP contribution in [0.15, 0.2) is 30.3 Å². The molecule has 2 rings (SSSR count). The van der Waals surface area contributed by atoms with Crippen LogP contribution in [0.25, 0.3) is 0 Å². The van der Waals surface area contributed by atoms with Crippen LogP contribution >= 0.6 is 0 Å². The molecule has 0 bridgehead atoms. The van der Waals surface area contributed by atoms with Gasteiger partial charge in [0, 0.05) is 18.8 Å². The Balaban J connectivity index is 2.07. The number of carbonyl (C=O) groups excluding carboxylic acids is 2. The topological polar surface area (TPSA) is 86.9 Å². The van der Waals surface area contributed by atoms with Crippen molar-refractivity contribution in [3.63, 3.8) is 0 Å². The summed E-state index contributed by atoms with van der Waals surface area (Å²) in [6, 6.07) is 8.80. The Hall–Kier alpha value is -1.92. The third-order valence-corrected chi connectivity index (χ3v) is 3.73. The highest BCUT2D eigenvalue weighted by Gasteiger charge is 2.36. The summed E-state index contributed by atoms with van der Waals surface area (Å²) in [4.78, 5) is 27.2. The van der Waals surface area contributed by atoms with Crippen molar-refractivity contribution in [1.29, 1.82) is 0 Å². The van der Waals surface area contributed by atoms with E-state index >= 15 is 0 Å². The monoisotopic (exact) mass is 291 g/mol. The fraction of sp³-hybridized carbons (Fsp3) is 0.467. The van der Waals surface area contributed by atoms with E-state index in [1.54, 1.807) is 9.80 Å². The summed E-state index contributed by atoms with van der Waals surface area (Å²) in [5.74, 6) is -0.605. The van der Waals surface area contributed by atoms with E-state index in [1.807, 2.05) is 37.3 Å². The zero-order valence-corrected chi connectivity index (χ0v) is 12.1. The van der Waals surface area contributed by atoms with Crippen molar-refractivity contribution in [3.05, 3.63) is 30.3 Å². The number of rotatable bonds is 5. The minimum Gasteiger partial charge on any atom is -0.392 e. The molecule has 0 spiro atoms. The fourth-order valence-electron chi connectivity index (χ4n) is 2.72. The van der Waals surface area contributed by atoms with Crippen LogP contribution in [0, 0.1) is 0 Å². The summed E-state index contributed by atoms with van der Waals surface area (Å²) < 4.78 is 0. The van der Waals surface area contributed by atoms with E-state index in [4.69, 9.17) is 5.73 Å². The van der Waals surface area contributed by atoms with Crippen LogP contribution in [-0.4, -0.2) is 53.6 Å². The zero-order chi connectivity index (χ0) is 15.4. The predicted molar refractivity (Wildman–Crippen MR) is 79.6 cm³/mol. The number of benzene rings is 1. The van der Waals surface area contributed by atoms with Crippen molar-refractivity contribution in [1.82, 2.24) is 4.90 Å². The minimum atomic E-state index is -0.609. The molecule has 1 fully saturated rings. The fourth-order valence-corrected chi connectivity index (χ4v) is 2.72. The number of primary amides is 1. The second kappa shape index (κ2) is 6.69. The Morgan fingerprint density at radius 3 is 2.62 bits per heavy atom. The van der Waals surface area contributed by atoms with Crippen LogP contribution in [-0.2, 0) is 9.59 Å². The standard InChI is InChI=1S/C15H21N3O3/c1-2-18(11-6-4-3-5-7-11)14(20)10-17-9-12(19)8-13(17)15(16)21/h3-7,12-13,19H,2,8-10H2,1H3,(H2,16,21). The number of aliphatic hydroxyl groups is 1. The normalized spacial score (nSPS) is 22.2. The number of carbonyl (C=O) groups is 2. The Morgan fingerprint density at radius 1 is 1.38 bits per heavy atom. The second-order valence-corrected chi connectivity index (χ2v) is 5.21. The summed E-state index contributed by atoms with van der Waals surface area (Å²) in [7, 11) is 0. The highest BCUT2D eigenvalue weighted by Crippen LogP contribution is 2.19. The van der Waals surface area contributed by atoms with Gasteiger partial charge in [0.15, 0.2) is 0 Å². The van der Waals surface area contributed by atoms with Gasteiger partial charge in [-0.05, 0) is 25.5 Å². The maximum absolute atomic E-state index is 12.5. The van der Waals surface area contributed by atoms with E-state index in [9.17, 15) is 14.7 Å². The van der Waals surface area contributed by atoms with Crippen LogP contribution in [0.3, 0.4) is 0 Å². The molecule has 1 heterocycles. The lowest BCUT2D eigenvalue weighted by atomic mass is 10.2. The smallest absolute Gasteiger partial charge is 0.241 e. The molecule has 0 aliphatic carbocycles. The van der Waals surface area contributed by atoms with E-state index in [0.717, 1.165) is 5.69 Å². The van der Waals surface area contributed by atoms with Crippen molar-refractivity contribution in [3.8, 4) is 0 Å². The molecule has 2 unspecified atom stereocenters. The van der Waals surface area contributed by atoms with Gasteiger partial charge in [-0.25, -0.2) is 0 Å². The van der Waals surface area contributed by atoms with Crippen molar-refractivity contribution < 1.29 is 14.7 Å². The Bertz CT molecular complexity index is 506. The molecule has 114 valence electrons. The molecule has 1 aliphatic rings. The van der Waals surface area contributed by atoms with E-state index in [0.29, 0.717) is 19.5 Å². The number of β-amino-alcohol motifs (C(OH)–C–C–N with tert-alkyl or cyclic N) is 1. The molecule has 21 heavy (non-hydrogen) atoms. The first kappa shape index (κ1) is 15.5. The largest absolute Gasteiger partial charge is 0.392 e. The molecule has 0 saturated carbocycles. The Kier molecular flexibility index (Phi) is 4.93. The lowest BCUT2D eigenvalue weighted by Crippen LogP contribution is -2.46. The Morgan fingerprint density at radius 2 is 2.05 bits per heavy atom. The zero-order valence-electron chi connectivity index (χ0n) is 12.1. The summed E-state index contributed by atoms with van der Waals surface area (Å²) in [6.07, 6.45) is -0.317. The molecular formula is C15H21N3O3. The number of hydrogen-bond acceptors (Lipinski definition) is 4. The van der Waals surface area contributed by atoms with Gasteiger partial charge in [-0.15, -0.1) is 0 Å². The van der Waals surface area contributed by atoms with E-state index in [-0.39, 0.29) is 12.5 Å². The second-order valence-electron chi connectivity index (χ2n) is 5.21. The van der Waals surface area contributed by atoms with Gasteiger partial charge in [-0.2, -0.15) is 0 Å². The van der Waals surface area contributed by atoms with Gasteiger partial charge in [-0.1, -0.05) is 18.2 Å². The van der Waals surface area contributed by atoms with Crippen molar-refractivity contribution in [2.24, 2.45) is 5.73 Å². The molecule has 1 aromatic carbocycles. The number of nitrogens with two attached hydrogens (primary N) is 1. The average molecular weight is 291 g/mol. The molecule has 6 nitrogen and oxygen atoms in total. The molecule has 2 amide bonds.